The van der Waals surface area contributed by atoms with Gasteiger partial charge in [0.1, 0.15) is 6.04 Å². The standard InChI is InChI=1S/C15H24N2O2/c1-11-6-7-12(2)14(10-11)17-13(3)15(18)16-8-5-9-19-4/h6-7,10,13,17H,5,8-9H2,1-4H3,(H,16,18). The number of aryl methyl sites for hydroxylation is 2. The summed E-state index contributed by atoms with van der Waals surface area (Å²) in [5, 5.41) is 6.14. The summed E-state index contributed by atoms with van der Waals surface area (Å²) >= 11 is 0. The normalized spacial score (nSPS) is 12.0. The van der Waals surface area contributed by atoms with E-state index in [4.69, 9.17) is 4.74 Å². The Labute approximate surface area is 115 Å². The van der Waals surface area contributed by atoms with Crippen LogP contribution in [0.25, 0.3) is 0 Å². The Morgan fingerprint density at radius 3 is 2.79 bits per heavy atom. The van der Waals surface area contributed by atoms with Crippen LogP contribution in [0.5, 0.6) is 0 Å². The number of carbonyl (C=O) groups excluding carboxylic acids is 1. The van der Waals surface area contributed by atoms with Crippen LogP contribution in [0, 0.1) is 13.8 Å². The van der Waals surface area contributed by atoms with Crippen LogP contribution in [0.15, 0.2) is 18.2 Å². The molecule has 0 aliphatic carbocycles. The van der Waals surface area contributed by atoms with Crippen molar-refractivity contribution in [3.8, 4) is 0 Å². The minimum Gasteiger partial charge on any atom is -0.385 e. The van der Waals surface area contributed by atoms with Crippen molar-refractivity contribution in [2.24, 2.45) is 0 Å². The third-order valence-corrected chi connectivity index (χ3v) is 2.98. The first-order valence-electron chi connectivity index (χ1n) is 6.65. The minimum atomic E-state index is -0.247. The maximum Gasteiger partial charge on any atom is 0.242 e. The van der Waals surface area contributed by atoms with Gasteiger partial charge in [0.25, 0.3) is 0 Å². The highest BCUT2D eigenvalue weighted by Crippen LogP contribution is 2.17. The summed E-state index contributed by atoms with van der Waals surface area (Å²) in [5.41, 5.74) is 3.34. The number of hydrogen-bond donors (Lipinski definition) is 2. The lowest BCUT2D eigenvalue weighted by atomic mass is 10.1. The summed E-state index contributed by atoms with van der Waals surface area (Å²) in [5.74, 6) is 0.0111. The average molecular weight is 264 g/mol. The molecule has 1 unspecified atom stereocenters. The van der Waals surface area contributed by atoms with Crippen LogP contribution in [-0.2, 0) is 9.53 Å². The lowest BCUT2D eigenvalue weighted by Crippen LogP contribution is -2.38. The Kier molecular flexibility index (Phi) is 6.36. The molecular weight excluding hydrogens is 240 g/mol. The van der Waals surface area contributed by atoms with E-state index >= 15 is 0 Å². The van der Waals surface area contributed by atoms with Crippen LogP contribution in [0.3, 0.4) is 0 Å². The molecule has 0 saturated heterocycles. The van der Waals surface area contributed by atoms with E-state index in [-0.39, 0.29) is 11.9 Å². The summed E-state index contributed by atoms with van der Waals surface area (Å²) in [4.78, 5) is 11.9. The lowest BCUT2D eigenvalue weighted by molar-refractivity contribution is -0.121. The van der Waals surface area contributed by atoms with Gasteiger partial charge in [0.05, 0.1) is 0 Å². The van der Waals surface area contributed by atoms with Crippen LogP contribution in [0.1, 0.15) is 24.5 Å². The molecule has 0 radical (unpaired) electrons. The molecule has 1 rings (SSSR count). The number of methoxy groups -OCH3 is 1. The van der Waals surface area contributed by atoms with Gasteiger partial charge in [-0.25, -0.2) is 0 Å². The summed E-state index contributed by atoms with van der Waals surface area (Å²) in [6.07, 6.45) is 0.832. The van der Waals surface area contributed by atoms with Gasteiger partial charge >= 0.3 is 0 Å². The van der Waals surface area contributed by atoms with Gasteiger partial charge in [0.15, 0.2) is 0 Å². The fraction of sp³-hybridized carbons (Fsp3) is 0.533. The summed E-state index contributed by atoms with van der Waals surface area (Å²) in [6, 6.07) is 5.93. The van der Waals surface area contributed by atoms with E-state index in [1.165, 1.54) is 5.56 Å². The van der Waals surface area contributed by atoms with Crippen molar-refractivity contribution in [1.82, 2.24) is 5.32 Å². The van der Waals surface area contributed by atoms with Gasteiger partial charge < -0.3 is 15.4 Å². The second-order valence-electron chi connectivity index (χ2n) is 4.82. The summed E-state index contributed by atoms with van der Waals surface area (Å²) in [7, 11) is 1.66. The van der Waals surface area contributed by atoms with E-state index in [1.54, 1.807) is 7.11 Å². The molecule has 0 saturated carbocycles. The third kappa shape index (κ3) is 5.30. The van der Waals surface area contributed by atoms with E-state index in [2.05, 4.69) is 28.8 Å². The van der Waals surface area contributed by atoms with Crippen LogP contribution < -0.4 is 10.6 Å². The smallest absolute Gasteiger partial charge is 0.242 e. The van der Waals surface area contributed by atoms with Gasteiger partial charge in [-0.1, -0.05) is 12.1 Å². The fourth-order valence-electron chi connectivity index (χ4n) is 1.77. The molecule has 1 aromatic carbocycles. The molecule has 0 aliphatic rings. The predicted octanol–water partition coefficient (Wildman–Crippen LogP) is 2.26. The molecule has 0 aromatic heterocycles. The number of carbonyl (C=O) groups is 1. The highest BCUT2D eigenvalue weighted by Gasteiger charge is 2.12. The van der Waals surface area contributed by atoms with Gasteiger partial charge in [-0.05, 0) is 44.4 Å². The quantitative estimate of drug-likeness (QED) is 0.743. The molecule has 4 heteroatoms. The molecule has 106 valence electrons. The molecule has 19 heavy (non-hydrogen) atoms. The number of hydrogen-bond acceptors (Lipinski definition) is 3. The molecule has 0 spiro atoms. The topological polar surface area (TPSA) is 50.4 Å². The van der Waals surface area contributed by atoms with Gasteiger partial charge in [0.2, 0.25) is 5.91 Å². The molecule has 0 aliphatic heterocycles. The van der Waals surface area contributed by atoms with Gasteiger partial charge in [-0.2, -0.15) is 0 Å². The number of nitrogens with one attached hydrogen (secondary N) is 2. The molecule has 4 nitrogen and oxygen atoms in total. The second-order valence-corrected chi connectivity index (χ2v) is 4.82. The van der Waals surface area contributed by atoms with Gasteiger partial charge in [-0.3, -0.25) is 4.79 Å². The van der Waals surface area contributed by atoms with Crippen molar-refractivity contribution in [2.75, 3.05) is 25.6 Å². The van der Waals surface area contributed by atoms with E-state index < -0.39 is 0 Å². The third-order valence-electron chi connectivity index (χ3n) is 2.98. The zero-order valence-corrected chi connectivity index (χ0v) is 12.2. The predicted molar refractivity (Wildman–Crippen MR) is 78.5 cm³/mol. The Hall–Kier alpha value is -1.55. The highest BCUT2D eigenvalue weighted by molar-refractivity contribution is 5.84. The Morgan fingerprint density at radius 2 is 2.11 bits per heavy atom. The number of rotatable bonds is 7. The maximum absolute atomic E-state index is 11.9. The largest absolute Gasteiger partial charge is 0.385 e. The zero-order valence-electron chi connectivity index (χ0n) is 12.2. The number of amides is 1. The molecule has 0 bridgehead atoms. The van der Waals surface area contributed by atoms with Crippen LogP contribution in [-0.4, -0.2) is 32.2 Å². The van der Waals surface area contributed by atoms with Gasteiger partial charge in [0, 0.05) is 25.9 Å². The zero-order chi connectivity index (χ0) is 14.3. The number of benzene rings is 1. The summed E-state index contributed by atoms with van der Waals surface area (Å²) in [6.45, 7) is 7.25. The molecule has 0 heterocycles. The fourth-order valence-corrected chi connectivity index (χ4v) is 1.77. The van der Waals surface area contributed by atoms with Crippen LogP contribution in [0.4, 0.5) is 5.69 Å². The van der Waals surface area contributed by atoms with Crippen molar-refractivity contribution in [2.45, 2.75) is 33.2 Å². The van der Waals surface area contributed by atoms with Crippen LogP contribution in [0.2, 0.25) is 0 Å². The molecule has 0 fully saturated rings. The van der Waals surface area contributed by atoms with E-state index in [0.29, 0.717) is 13.2 Å². The molecule has 1 atom stereocenters. The van der Waals surface area contributed by atoms with Crippen molar-refractivity contribution in [3.63, 3.8) is 0 Å². The SMILES string of the molecule is COCCCNC(=O)C(C)Nc1cc(C)ccc1C. The van der Waals surface area contributed by atoms with E-state index in [0.717, 1.165) is 17.7 Å². The van der Waals surface area contributed by atoms with Crippen LogP contribution >= 0.6 is 0 Å². The number of ether oxygens (including phenoxy) is 1. The first-order chi connectivity index (χ1) is 9.04. The second kappa shape index (κ2) is 7.79. The van der Waals surface area contributed by atoms with E-state index in [9.17, 15) is 4.79 Å². The maximum atomic E-state index is 11.9. The van der Waals surface area contributed by atoms with Crippen molar-refractivity contribution in [1.29, 1.82) is 0 Å². The number of anilines is 1. The van der Waals surface area contributed by atoms with E-state index in [1.807, 2.05) is 20.8 Å². The molecular formula is C15H24N2O2. The summed E-state index contributed by atoms with van der Waals surface area (Å²) < 4.78 is 4.94. The Bertz CT molecular complexity index is 419. The molecule has 1 amide bonds. The minimum absolute atomic E-state index is 0.0111. The first-order valence-corrected chi connectivity index (χ1v) is 6.65. The Balaban J connectivity index is 2.47. The molecule has 2 N–H and O–H groups in total. The average Bonchev–Trinajstić information content (AvgIpc) is 2.38. The van der Waals surface area contributed by atoms with Gasteiger partial charge in [-0.15, -0.1) is 0 Å². The first kappa shape index (κ1) is 15.5. The van der Waals surface area contributed by atoms with Crippen molar-refractivity contribution < 1.29 is 9.53 Å². The molecule has 1 aromatic rings. The van der Waals surface area contributed by atoms with Crippen molar-refractivity contribution >= 4 is 11.6 Å². The Morgan fingerprint density at radius 1 is 1.37 bits per heavy atom. The highest BCUT2D eigenvalue weighted by atomic mass is 16.5. The monoisotopic (exact) mass is 264 g/mol. The lowest BCUT2D eigenvalue weighted by Gasteiger charge is -2.17. The van der Waals surface area contributed by atoms with Crippen molar-refractivity contribution in [3.05, 3.63) is 29.3 Å².